The molecule has 0 spiro atoms. The molecular weight excluding hydrogens is 422 g/mol. The number of rotatable bonds is 7. The van der Waals surface area contributed by atoms with Crippen molar-refractivity contribution in [3.05, 3.63) is 54.5 Å². The van der Waals surface area contributed by atoms with Crippen molar-refractivity contribution in [3.8, 4) is 11.6 Å². The molecule has 12 nitrogen and oxygen atoms in total. The van der Waals surface area contributed by atoms with E-state index in [-0.39, 0.29) is 6.04 Å². The Balaban J connectivity index is 1.16. The maximum atomic E-state index is 5.82. The Morgan fingerprint density at radius 3 is 2.67 bits per heavy atom. The molecule has 4 aromatic heterocycles. The molecule has 1 aliphatic rings. The third-order valence-electron chi connectivity index (χ3n) is 5.79. The number of nitrogens with zero attached hydrogens (tertiary/aromatic N) is 11. The highest BCUT2D eigenvalue weighted by Crippen LogP contribution is 2.28. The minimum absolute atomic E-state index is 0.224. The van der Waals surface area contributed by atoms with Gasteiger partial charge in [-0.25, -0.2) is 15.0 Å². The summed E-state index contributed by atoms with van der Waals surface area (Å²) >= 11 is 0. The minimum Gasteiger partial charge on any atom is -0.486 e. The van der Waals surface area contributed by atoms with Crippen LogP contribution in [0.4, 0.5) is 5.95 Å². The predicted octanol–water partition coefficient (Wildman–Crippen LogP) is 1.67. The summed E-state index contributed by atoms with van der Waals surface area (Å²) in [5, 5.41) is 20.2. The normalized spacial score (nSPS) is 18.4. The number of aryl methyl sites for hydroxylation is 1. The van der Waals surface area contributed by atoms with Crippen molar-refractivity contribution in [2.24, 2.45) is 5.92 Å². The first-order chi connectivity index (χ1) is 16.2. The summed E-state index contributed by atoms with van der Waals surface area (Å²) in [5.41, 5.74) is 1.92. The molecule has 2 atom stereocenters. The molecule has 170 valence electrons. The quantitative estimate of drug-likeness (QED) is 0.413. The molecule has 4 aromatic rings. The molecule has 12 heteroatoms. The molecule has 1 fully saturated rings. The standard InChI is InChI=1S/C21H25N11O/c1-3-16-8-23-21(24-9-16)30-7-6-19(15(2)12-30)32-26-10-17(27-32)13-33-18-4-5-20(22-11-18)31-14-25-28-29-31/h4-5,8-11,14-15,19H,3,6-7,12-13H2,1-2H3. The van der Waals surface area contributed by atoms with Crippen LogP contribution in [-0.4, -0.2) is 63.2 Å². The Labute approximate surface area is 190 Å². The van der Waals surface area contributed by atoms with Gasteiger partial charge in [-0.2, -0.15) is 19.7 Å². The number of piperidine rings is 1. The topological polar surface area (TPSA) is 125 Å². The first-order valence-corrected chi connectivity index (χ1v) is 11.0. The summed E-state index contributed by atoms with van der Waals surface area (Å²) in [6, 6.07) is 3.83. The van der Waals surface area contributed by atoms with E-state index in [1.807, 2.05) is 23.3 Å². The monoisotopic (exact) mass is 447 g/mol. The van der Waals surface area contributed by atoms with Gasteiger partial charge < -0.3 is 9.64 Å². The van der Waals surface area contributed by atoms with Gasteiger partial charge >= 0.3 is 0 Å². The first kappa shape index (κ1) is 20.9. The molecule has 1 saturated heterocycles. The molecule has 0 aromatic carbocycles. The van der Waals surface area contributed by atoms with E-state index < -0.39 is 0 Å². The molecular formula is C21H25N11O. The van der Waals surface area contributed by atoms with Gasteiger partial charge in [0.05, 0.1) is 18.4 Å². The zero-order chi connectivity index (χ0) is 22.6. The van der Waals surface area contributed by atoms with Gasteiger partial charge in [0, 0.05) is 25.5 Å². The van der Waals surface area contributed by atoms with Crippen molar-refractivity contribution in [3.63, 3.8) is 0 Å². The van der Waals surface area contributed by atoms with E-state index in [0.29, 0.717) is 24.1 Å². The molecule has 1 aliphatic heterocycles. The average molecular weight is 448 g/mol. The van der Waals surface area contributed by atoms with E-state index in [9.17, 15) is 0 Å². The molecule has 0 saturated carbocycles. The number of tetrazole rings is 1. The van der Waals surface area contributed by atoms with Gasteiger partial charge in [-0.3, -0.25) is 0 Å². The first-order valence-electron chi connectivity index (χ1n) is 11.0. The van der Waals surface area contributed by atoms with Crippen molar-refractivity contribution in [1.82, 2.24) is 50.2 Å². The van der Waals surface area contributed by atoms with Gasteiger partial charge in [-0.05, 0) is 46.9 Å². The van der Waals surface area contributed by atoms with Crippen LogP contribution in [0.25, 0.3) is 5.82 Å². The van der Waals surface area contributed by atoms with E-state index >= 15 is 0 Å². The van der Waals surface area contributed by atoms with Crippen LogP contribution >= 0.6 is 0 Å². The van der Waals surface area contributed by atoms with Crippen molar-refractivity contribution in [2.45, 2.75) is 39.3 Å². The van der Waals surface area contributed by atoms with Crippen molar-refractivity contribution >= 4 is 5.95 Å². The van der Waals surface area contributed by atoms with Crippen LogP contribution in [0.15, 0.2) is 43.2 Å². The van der Waals surface area contributed by atoms with E-state index in [2.05, 4.69) is 59.4 Å². The van der Waals surface area contributed by atoms with Crippen LogP contribution in [0.5, 0.6) is 5.75 Å². The van der Waals surface area contributed by atoms with Crippen molar-refractivity contribution < 1.29 is 4.74 Å². The average Bonchev–Trinajstić information content (AvgIpc) is 3.56. The fourth-order valence-corrected chi connectivity index (χ4v) is 3.90. The highest BCUT2D eigenvalue weighted by Gasteiger charge is 2.30. The fraction of sp³-hybridized carbons (Fsp3) is 0.429. The van der Waals surface area contributed by atoms with E-state index in [1.165, 1.54) is 11.0 Å². The van der Waals surface area contributed by atoms with Gasteiger partial charge in [0.1, 0.15) is 24.4 Å². The number of ether oxygens (including phenoxy) is 1. The van der Waals surface area contributed by atoms with Crippen LogP contribution in [0, 0.1) is 5.92 Å². The summed E-state index contributed by atoms with van der Waals surface area (Å²) in [6.07, 6.45) is 10.6. The smallest absolute Gasteiger partial charge is 0.225 e. The van der Waals surface area contributed by atoms with Crippen LogP contribution in [0.2, 0.25) is 0 Å². The molecule has 5 rings (SSSR count). The lowest BCUT2D eigenvalue weighted by molar-refractivity contribution is 0.246. The van der Waals surface area contributed by atoms with Crippen LogP contribution in [-0.2, 0) is 13.0 Å². The van der Waals surface area contributed by atoms with Gasteiger partial charge in [0.2, 0.25) is 5.95 Å². The highest BCUT2D eigenvalue weighted by atomic mass is 16.5. The number of anilines is 1. The summed E-state index contributed by atoms with van der Waals surface area (Å²) in [7, 11) is 0. The number of pyridine rings is 1. The van der Waals surface area contributed by atoms with Gasteiger partial charge in [-0.1, -0.05) is 13.8 Å². The molecule has 2 unspecified atom stereocenters. The Kier molecular flexibility index (Phi) is 5.87. The summed E-state index contributed by atoms with van der Waals surface area (Å²) in [5.74, 6) is 2.40. The zero-order valence-corrected chi connectivity index (χ0v) is 18.6. The number of aromatic nitrogens is 10. The van der Waals surface area contributed by atoms with E-state index in [4.69, 9.17) is 4.74 Å². The third-order valence-corrected chi connectivity index (χ3v) is 5.79. The van der Waals surface area contributed by atoms with Crippen molar-refractivity contribution in [1.29, 1.82) is 0 Å². The van der Waals surface area contributed by atoms with Gasteiger partial charge in [0.15, 0.2) is 5.82 Å². The molecule has 0 N–H and O–H groups in total. The summed E-state index contributed by atoms with van der Waals surface area (Å²) in [6.45, 7) is 6.37. The third kappa shape index (κ3) is 4.64. The molecule has 0 bridgehead atoms. The lowest BCUT2D eigenvalue weighted by Crippen LogP contribution is -2.41. The maximum absolute atomic E-state index is 5.82. The Bertz CT molecular complexity index is 1160. The predicted molar refractivity (Wildman–Crippen MR) is 118 cm³/mol. The number of hydrogen-bond acceptors (Lipinski definition) is 10. The maximum Gasteiger partial charge on any atom is 0.225 e. The second kappa shape index (κ2) is 9.27. The number of hydrogen-bond donors (Lipinski definition) is 0. The Morgan fingerprint density at radius 1 is 1.09 bits per heavy atom. The van der Waals surface area contributed by atoms with Gasteiger partial charge in [0.25, 0.3) is 0 Å². The SMILES string of the molecule is CCc1cnc(N2CCC(n3ncc(COc4ccc(-n5cnnn5)nc4)n3)C(C)C2)nc1. The Morgan fingerprint density at radius 2 is 1.97 bits per heavy atom. The lowest BCUT2D eigenvalue weighted by Gasteiger charge is -2.36. The molecule has 0 aliphatic carbocycles. The molecule has 0 radical (unpaired) electrons. The van der Waals surface area contributed by atoms with Gasteiger partial charge in [-0.15, -0.1) is 5.10 Å². The molecule has 0 amide bonds. The second-order valence-corrected chi connectivity index (χ2v) is 8.08. The van der Waals surface area contributed by atoms with E-state index in [1.54, 1.807) is 18.5 Å². The lowest BCUT2D eigenvalue weighted by atomic mass is 9.94. The van der Waals surface area contributed by atoms with Crippen LogP contribution in [0.3, 0.4) is 0 Å². The van der Waals surface area contributed by atoms with Crippen LogP contribution < -0.4 is 9.64 Å². The fourth-order valence-electron chi connectivity index (χ4n) is 3.90. The van der Waals surface area contributed by atoms with Crippen LogP contribution in [0.1, 0.15) is 37.6 Å². The van der Waals surface area contributed by atoms with Crippen molar-refractivity contribution in [2.75, 3.05) is 18.0 Å². The molecule has 33 heavy (non-hydrogen) atoms. The van der Waals surface area contributed by atoms with E-state index in [0.717, 1.165) is 43.1 Å². The largest absolute Gasteiger partial charge is 0.486 e. The highest BCUT2D eigenvalue weighted by molar-refractivity contribution is 5.31. The zero-order valence-electron chi connectivity index (χ0n) is 18.6. The summed E-state index contributed by atoms with van der Waals surface area (Å²) in [4.78, 5) is 17.4. The minimum atomic E-state index is 0.224. The Hall–Kier alpha value is -3.96. The molecule has 5 heterocycles. The summed E-state index contributed by atoms with van der Waals surface area (Å²) < 4.78 is 7.30. The second-order valence-electron chi connectivity index (χ2n) is 8.08.